The highest BCUT2D eigenvalue weighted by Gasteiger charge is 2.43. The predicted molar refractivity (Wildman–Crippen MR) is 110 cm³/mol. The van der Waals surface area contributed by atoms with Gasteiger partial charge in [-0.3, -0.25) is 4.90 Å². The number of phenolic OH excluding ortho intramolecular Hbond substituents is 1. The minimum Gasteiger partial charge on any atom is -0.507 e. The van der Waals surface area contributed by atoms with Crippen LogP contribution < -0.4 is 10.6 Å². The monoisotopic (exact) mass is 373 g/mol. The van der Waals surface area contributed by atoms with Crippen LogP contribution in [0.5, 0.6) is 5.75 Å². The molecule has 0 radical (unpaired) electrons. The fourth-order valence-electron chi connectivity index (χ4n) is 4.50. The summed E-state index contributed by atoms with van der Waals surface area (Å²) in [6.07, 6.45) is 1.14. The van der Waals surface area contributed by atoms with E-state index in [1.807, 2.05) is 18.2 Å². The molecule has 3 N–H and O–H groups in total. The van der Waals surface area contributed by atoms with Crippen LogP contribution in [0.15, 0.2) is 60.7 Å². The molecule has 2 aliphatic heterocycles. The van der Waals surface area contributed by atoms with Crippen LogP contribution in [0.25, 0.3) is 11.3 Å². The molecule has 6 heteroatoms. The summed E-state index contributed by atoms with van der Waals surface area (Å²) in [4.78, 5) is 4.92. The third-order valence-corrected chi connectivity index (χ3v) is 5.87. The molecule has 28 heavy (non-hydrogen) atoms. The highest BCUT2D eigenvalue weighted by atomic mass is 16.3. The summed E-state index contributed by atoms with van der Waals surface area (Å²) in [5, 5.41) is 18.5. The second-order valence-corrected chi connectivity index (χ2v) is 7.63. The summed E-state index contributed by atoms with van der Waals surface area (Å²) in [6.45, 7) is 2.95. The van der Waals surface area contributed by atoms with Gasteiger partial charge in [0.1, 0.15) is 5.75 Å². The van der Waals surface area contributed by atoms with E-state index >= 15 is 0 Å². The van der Waals surface area contributed by atoms with Crippen LogP contribution in [0, 0.1) is 0 Å². The molecule has 2 saturated heterocycles. The first-order valence-electron chi connectivity index (χ1n) is 9.65. The molecule has 2 atom stereocenters. The largest absolute Gasteiger partial charge is 0.507 e. The van der Waals surface area contributed by atoms with Crippen molar-refractivity contribution in [2.24, 2.45) is 0 Å². The highest BCUT2D eigenvalue weighted by Crippen LogP contribution is 2.39. The van der Waals surface area contributed by atoms with Gasteiger partial charge in [0, 0.05) is 37.3 Å². The lowest BCUT2D eigenvalue weighted by Crippen LogP contribution is -2.46. The van der Waals surface area contributed by atoms with Crippen molar-refractivity contribution in [3.63, 3.8) is 0 Å². The normalized spacial score (nSPS) is 21.4. The molecule has 3 aromatic rings. The lowest BCUT2D eigenvalue weighted by Gasteiger charge is -2.36. The number of fused-ring (bicyclic) bond motifs is 2. The Morgan fingerprint density at radius 2 is 1.75 bits per heavy atom. The molecule has 3 heterocycles. The number of hydrogen-bond donors (Lipinski definition) is 2. The first-order chi connectivity index (χ1) is 13.7. The van der Waals surface area contributed by atoms with E-state index in [1.165, 1.54) is 5.56 Å². The molecule has 5 rings (SSSR count). The summed E-state index contributed by atoms with van der Waals surface area (Å²) in [5.41, 5.74) is 9.77. The zero-order chi connectivity index (χ0) is 19.1. The van der Waals surface area contributed by atoms with E-state index in [4.69, 9.17) is 5.73 Å². The Labute approximate surface area is 164 Å². The van der Waals surface area contributed by atoms with Crippen molar-refractivity contribution in [2.45, 2.75) is 25.0 Å². The van der Waals surface area contributed by atoms with E-state index in [9.17, 15) is 5.11 Å². The number of aromatic nitrogens is 2. The Morgan fingerprint density at radius 1 is 0.964 bits per heavy atom. The Bertz CT molecular complexity index is 993. The van der Waals surface area contributed by atoms with E-state index in [0.717, 1.165) is 31.7 Å². The lowest BCUT2D eigenvalue weighted by atomic mass is 10.1. The molecule has 2 unspecified atom stereocenters. The zero-order valence-corrected chi connectivity index (χ0v) is 15.6. The average Bonchev–Trinajstić information content (AvgIpc) is 3.30. The summed E-state index contributed by atoms with van der Waals surface area (Å²) in [5.74, 6) is 0.644. The maximum atomic E-state index is 10.2. The number of phenols is 1. The molecular formula is C22H23N5O. The molecule has 142 valence electrons. The Kier molecular flexibility index (Phi) is 4.13. The van der Waals surface area contributed by atoms with Gasteiger partial charge in [-0.1, -0.05) is 42.5 Å². The van der Waals surface area contributed by atoms with Gasteiger partial charge >= 0.3 is 0 Å². The molecular weight excluding hydrogens is 350 g/mol. The number of piperazine rings is 1. The molecule has 1 aromatic heterocycles. The van der Waals surface area contributed by atoms with Gasteiger partial charge < -0.3 is 15.7 Å². The van der Waals surface area contributed by atoms with E-state index in [0.29, 0.717) is 29.2 Å². The fraction of sp³-hybridized carbons (Fsp3) is 0.273. The summed E-state index contributed by atoms with van der Waals surface area (Å²) >= 11 is 0. The highest BCUT2D eigenvalue weighted by molar-refractivity contribution is 5.74. The fourth-order valence-corrected chi connectivity index (χ4v) is 4.50. The number of rotatable bonds is 4. The summed E-state index contributed by atoms with van der Waals surface area (Å²) in [7, 11) is 0. The van der Waals surface area contributed by atoms with Gasteiger partial charge in [-0.05, 0) is 30.2 Å². The molecule has 2 aliphatic rings. The number of likely N-dealkylation sites (tertiary alicyclic amines) is 1. The number of nitrogen functional groups attached to an aromatic ring is 1. The minimum atomic E-state index is 0.199. The van der Waals surface area contributed by atoms with E-state index in [1.54, 1.807) is 12.1 Å². The molecule has 2 bridgehead atoms. The Hall–Kier alpha value is -3.12. The van der Waals surface area contributed by atoms with Crippen LogP contribution in [0.2, 0.25) is 0 Å². The maximum Gasteiger partial charge on any atom is 0.169 e. The van der Waals surface area contributed by atoms with Gasteiger partial charge in [0.05, 0.1) is 11.4 Å². The number of anilines is 2. The first kappa shape index (κ1) is 17.0. The SMILES string of the molecule is Nc1nnc(-c2ccccc2O)cc1N1CC2CC1CN2Cc1ccccc1. The van der Waals surface area contributed by atoms with Crippen LogP contribution in [-0.4, -0.2) is 45.4 Å². The van der Waals surface area contributed by atoms with Crippen LogP contribution in [0.1, 0.15) is 12.0 Å². The van der Waals surface area contributed by atoms with Gasteiger partial charge in [0.15, 0.2) is 5.82 Å². The molecule has 0 aliphatic carbocycles. The predicted octanol–water partition coefficient (Wildman–Crippen LogP) is 2.89. The molecule has 0 saturated carbocycles. The van der Waals surface area contributed by atoms with Gasteiger partial charge in [0.25, 0.3) is 0 Å². The van der Waals surface area contributed by atoms with Gasteiger partial charge in [-0.25, -0.2) is 0 Å². The van der Waals surface area contributed by atoms with Crippen molar-refractivity contribution in [3.05, 3.63) is 66.2 Å². The smallest absolute Gasteiger partial charge is 0.169 e. The van der Waals surface area contributed by atoms with Crippen LogP contribution >= 0.6 is 0 Å². The van der Waals surface area contributed by atoms with Gasteiger partial charge in [-0.2, -0.15) is 0 Å². The number of aromatic hydroxyl groups is 1. The Balaban J connectivity index is 1.37. The van der Waals surface area contributed by atoms with E-state index in [-0.39, 0.29) is 5.75 Å². The average molecular weight is 373 g/mol. The molecule has 2 aromatic carbocycles. The third kappa shape index (κ3) is 2.96. The standard InChI is InChI=1S/C22H23N5O/c23-22-20(11-19(24-25-22)18-8-4-5-9-21(18)28)27-14-16-10-17(27)13-26(16)12-15-6-2-1-3-7-15/h1-9,11,16-17,28H,10,12-14H2,(H2,23,25). The van der Waals surface area contributed by atoms with Crippen molar-refractivity contribution in [3.8, 4) is 17.0 Å². The van der Waals surface area contributed by atoms with Gasteiger partial charge in [-0.15, -0.1) is 10.2 Å². The number of hydrogen-bond acceptors (Lipinski definition) is 6. The van der Waals surface area contributed by atoms with Crippen molar-refractivity contribution >= 4 is 11.5 Å². The second kappa shape index (κ2) is 6.80. The quantitative estimate of drug-likeness (QED) is 0.732. The number of nitrogens with zero attached hydrogens (tertiary/aromatic N) is 4. The van der Waals surface area contributed by atoms with Crippen molar-refractivity contribution in [1.29, 1.82) is 0 Å². The number of nitrogens with two attached hydrogens (primary N) is 1. The van der Waals surface area contributed by atoms with Crippen molar-refractivity contribution < 1.29 is 5.11 Å². The maximum absolute atomic E-state index is 10.2. The third-order valence-electron chi connectivity index (χ3n) is 5.87. The summed E-state index contributed by atoms with van der Waals surface area (Å²) < 4.78 is 0. The van der Waals surface area contributed by atoms with Crippen LogP contribution in [0.3, 0.4) is 0 Å². The minimum absolute atomic E-state index is 0.199. The van der Waals surface area contributed by atoms with Crippen LogP contribution in [-0.2, 0) is 6.54 Å². The second-order valence-electron chi connectivity index (χ2n) is 7.63. The molecule has 0 amide bonds. The van der Waals surface area contributed by atoms with E-state index in [2.05, 4.69) is 50.3 Å². The number of benzene rings is 2. The Morgan fingerprint density at radius 3 is 2.50 bits per heavy atom. The summed E-state index contributed by atoms with van der Waals surface area (Å²) in [6, 6.07) is 20.7. The first-order valence-corrected chi connectivity index (χ1v) is 9.65. The number of para-hydroxylation sites is 1. The van der Waals surface area contributed by atoms with E-state index < -0.39 is 0 Å². The zero-order valence-electron chi connectivity index (χ0n) is 15.6. The molecule has 6 nitrogen and oxygen atoms in total. The molecule has 0 spiro atoms. The topological polar surface area (TPSA) is 78.5 Å². The van der Waals surface area contributed by atoms with Gasteiger partial charge in [0.2, 0.25) is 0 Å². The van der Waals surface area contributed by atoms with Crippen molar-refractivity contribution in [2.75, 3.05) is 23.7 Å². The van der Waals surface area contributed by atoms with Crippen LogP contribution in [0.4, 0.5) is 11.5 Å². The lowest BCUT2D eigenvalue weighted by molar-refractivity contribution is 0.230. The molecule has 2 fully saturated rings. The van der Waals surface area contributed by atoms with Crippen molar-refractivity contribution in [1.82, 2.24) is 15.1 Å².